The van der Waals surface area contributed by atoms with E-state index in [9.17, 15) is 14.4 Å². The predicted molar refractivity (Wildman–Crippen MR) is 73.0 cm³/mol. The maximum atomic E-state index is 12.1. The SMILES string of the molecule is CC(C)Cn1c(=O)n(C)c(=O)c2cc(C(=O)O)cnc21. The first-order valence-corrected chi connectivity index (χ1v) is 6.15. The van der Waals surface area contributed by atoms with Crippen molar-refractivity contribution in [3.05, 3.63) is 38.7 Å². The van der Waals surface area contributed by atoms with Crippen LogP contribution in [0.2, 0.25) is 0 Å². The van der Waals surface area contributed by atoms with E-state index in [0.717, 1.165) is 10.8 Å². The first kappa shape index (κ1) is 14.0. The van der Waals surface area contributed by atoms with Crippen molar-refractivity contribution in [2.75, 3.05) is 0 Å². The lowest BCUT2D eigenvalue weighted by molar-refractivity contribution is 0.0696. The molecule has 0 fully saturated rings. The van der Waals surface area contributed by atoms with Gasteiger partial charge in [-0.3, -0.25) is 13.9 Å². The Kier molecular flexibility index (Phi) is 3.44. The Morgan fingerprint density at radius 2 is 2.05 bits per heavy atom. The summed E-state index contributed by atoms with van der Waals surface area (Å²) in [5.41, 5.74) is -0.853. The van der Waals surface area contributed by atoms with E-state index in [-0.39, 0.29) is 22.5 Å². The van der Waals surface area contributed by atoms with Gasteiger partial charge < -0.3 is 5.11 Å². The number of rotatable bonds is 3. The molecule has 0 amide bonds. The number of carboxylic acid groups (broad SMARTS) is 1. The fourth-order valence-electron chi connectivity index (χ4n) is 2.02. The Morgan fingerprint density at radius 1 is 1.40 bits per heavy atom. The van der Waals surface area contributed by atoms with E-state index in [0.29, 0.717) is 6.54 Å². The number of hydrogen-bond donors (Lipinski definition) is 1. The second-order valence-corrected chi connectivity index (χ2v) is 5.05. The average molecular weight is 277 g/mol. The van der Waals surface area contributed by atoms with Gasteiger partial charge in [-0.25, -0.2) is 14.6 Å². The van der Waals surface area contributed by atoms with Crippen molar-refractivity contribution in [2.45, 2.75) is 20.4 Å². The summed E-state index contributed by atoms with van der Waals surface area (Å²) in [6.07, 6.45) is 1.15. The number of nitrogens with zero attached hydrogens (tertiary/aromatic N) is 3. The zero-order valence-corrected chi connectivity index (χ0v) is 11.5. The van der Waals surface area contributed by atoms with E-state index >= 15 is 0 Å². The van der Waals surface area contributed by atoms with Crippen LogP contribution in [0.15, 0.2) is 21.9 Å². The van der Waals surface area contributed by atoms with Crippen molar-refractivity contribution in [3.8, 4) is 0 Å². The highest BCUT2D eigenvalue weighted by Gasteiger charge is 2.15. The molecule has 0 unspecified atom stereocenters. The van der Waals surface area contributed by atoms with Crippen molar-refractivity contribution >= 4 is 17.0 Å². The van der Waals surface area contributed by atoms with Crippen molar-refractivity contribution in [2.24, 2.45) is 13.0 Å². The summed E-state index contributed by atoms with van der Waals surface area (Å²) in [5.74, 6) is -0.975. The minimum absolute atomic E-state index is 0.0793. The Bertz CT molecular complexity index is 802. The summed E-state index contributed by atoms with van der Waals surface area (Å²) in [4.78, 5) is 39.1. The molecule has 2 heterocycles. The summed E-state index contributed by atoms with van der Waals surface area (Å²) in [6.45, 7) is 4.28. The van der Waals surface area contributed by atoms with E-state index < -0.39 is 17.2 Å². The van der Waals surface area contributed by atoms with Crippen LogP contribution in [0, 0.1) is 5.92 Å². The van der Waals surface area contributed by atoms with Crippen LogP contribution >= 0.6 is 0 Å². The van der Waals surface area contributed by atoms with E-state index in [4.69, 9.17) is 5.11 Å². The zero-order chi connectivity index (χ0) is 15.0. The fourth-order valence-corrected chi connectivity index (χ4v) is 2.02. The molecule has 106 valence electrons. The van der Waals surface area contributed by atoms with E-state index in [2.05, 4.69) is 4.98 Å². The maximum Gasteiger partial charge on any atom is 0.337 e. The van der Waals surface area contributed by atoms with E-state index in [1.165, 1.54) is 17.7 Å². The lowest BCUT2D eigenvalue weighted by Gasteiger charge is -2.13. The van der Waals surface area contributed by atoms with Gasteiger partial charge in [0.2, 0.25) is 0 Å². The maximum absolute atomic E-state index is 12.1. The van der Waals surface area contributed by atoms with Crippen LogP contribution in [-0.2, 0) is 13.6 Å². The second-order valence-electron chi connectivity index (χ2n) is 5.05. The van der Waals surface area contributed by atoms with Gasteiger partial charge >= 0.3 is 11.7 Å². The molecule has 0 spiro atoms. The van der Waals surface area contributed by atoms with E-state index in [1.54, 1.807) is 0 Å². The normalized spacial score (nSPS) is 11.2. The third kappa shape index (κ3) is 2.22. The molecule has 0 aromatic carbocycles. The smallest absolute Gasteiger partial charge is 0.337 e. The molecular formula is C13H15N3O4. The predicted octanol–water partition coefficient (Wildman–Crippen LogP) is 0.449. The molecule has 7 heteroatoms. The highest BCUT2D eigenvalue weighted by molar-refractivity contribution is 5.91. The molecule has 0 aliphatic rings. The molecule has 20 heavy (non-hydrogen) atoms. The van der Waals surface area contributed by atoms with Gasteiger partial charge in [-0.2, -0.15) is 0 Å². The second kappa shape index (κ2) is 4.92. The molecule has 0 aliphatic heterocycles. The van der Waals surface area contributed by atoms with Crippen LogP contribution in [0.5, 0.6) is 0 Å². The molecule has 0 aliphatic carbocycles. The van der Waals surface area contributed by atoms with Gasteiger partial charge in [-0.05, 0) is 12.0 Å². The van der Waals surface area contributed by atoms with Crippen LogP contribution in [0.3, 0.4) is 0 Å². The quantitative estimate of drug-likeness (QED) is 0.879. The van der Waals surface area contributed by atoms with E-state index in [1.807, 2.05) is 13.8 Å². The molecule has 0 saturated heterocycles. The average Bonchev–Trinajstić information content (AvgIpc) is 2.40. The molecule has 2 aromatic rings. The Balaban J connectivity index is 2.90. The van der Waals surface area contributed by atoms with Gasteiger partial charge in [0, 0.05) is 19.8 Å². The third-order valence-corrected chi connectivity index (χ3v) is 2.97. The van der Waals surface area contributed by atoms with Crippen molar-refractivity contribution in [3.63, 3.8) is 0 Å². The van der Waals surface area contributed by atoms with Crippen LogP contribution in [0.4, 0.5) is 0 Å². The topological polar surface area (TPSA) is 94.2 Å². The van der Waals surface area contributed by atoms with Crippen LogP contribution in [0.1, 0.15) is 24.2 Å². The highest BCUT2D eigenvalue weighted by atomic mass is 16.4. The summed E-state index contributed by atoms with van der Waals surface area (Å²) >= 11 is 0. The van der Waals surface area contributed by atoms with Crippen molar-refractivity contribution in [1.82, 2.24) is 14.1 Å². The fraction of sp³-hybridized carbons (Fsp3) is 0.385. The zero-order valence-electron chi connectivity index (χ0n) is 11.5. The molecule has 2 rings (SSSR count). The van der Waals surface area contributed by atoms with Gasteiger partial charge in [0.15, 0.2) is 0 Å². The first-order valence-electron chi connectivity index (χ1n) is 6.15. The number of carboxylic acids is 1. The number of pyridine rings is 1. The lowest BCUT2D eigenvalue weighted by atomic mass is 10.2. The van der Waals surface area contributed by atoms with Crippen molar-refractivity contribution in [1.29, 1.82) is 0 Å². The number of aromatic carboxylic acids is 1. The Labute approximate surface area is 114 Å². The van der Waals surface area contributed by atoms with Gasteiger partial charge in [0.1, 0.15) is 5.65 Å². The highest BCUT2D eigenvalue weighted by Crippen LogP contribution is 2.09. The summed E-state index contributed by atoms with van der Waals surface area (Å²) < 4.78 is 2.37. The van der Waals surface area contributed by atoms with Crippen LogP contribution in [0.25, 0.3) is 11.0 Å². The largest absolute Gasteiger partial charge is 0.478 e. The molecule has 0 atom stereocenters. The lowest BCUT2D eigenvalue weighted by Crippen LogP contribution is -2.39. The molecule has 1 N–H and O–H groups in total. The monoisotopic (exact) mass is 277 g/mol. The Morgan fingerprint density at radius 3 is 2.60 bits per heavy atom. The van der Waals surface area contributed by atoms with Crippen LogP contribution < -0.4 is 11.2 Å². The Hall–Kier alpha value is -2.44. The minimum atomic E-state index is -1.16. The molecule has 0 radical (unpaired) electrons. The molecule has 7 nitrogen and oxygen atoms in total. The van der Waals surface area contributed by atoms with Crippen LogP contribution in [-0.4, -0.2) is 25.2 Å². The number of fused-ring (bicyclic) bond motifs is 1. The summed E-state index contributed by atoms with van der Waals surface area (Å²) in [7, 11) is 1.37. The van der Waals surface area contributed by atoms with Gasteiger partial charge in [0.05, 0.1) is 10.9 Å². The number of carbonyl (C=O) groups is 1. The minimum Gasteiger partial charge on any atom is -0.478 e. The molecular weight excluding hydrogens is 262 g/mol. The van der Waals surface area contributed by atoms with Gasteiger partial charge in [-0.1, -0.05) is 13.8 Å². The summed E-state index contributed by atoms with van der Waals surface area (Å²) in [6, 6.07) is 1.25. The molecule has 2 aromatic heterocycles. The van der Waals surface area contributed by atoms with Gasteiger partial charge in [0.25, 0.3) is 5.56 Å². The van der Waals surface area contributed by atoms with Crippen molar-refractivity contribution < 1.29 is 9.90 Å². The molecule has 0 saturated carbocycles. The number of hydrogen-bond acceptors (Lipinski definition) is 4. The third-order valence-electron chi connectivity index (χ3n) is 2.97. The molecule has 0 bridgehead atoms. The van der Waals surface area contributed by atoms with Gasteiger partial charge in [-0.15, -0.1) is 0 Å². The first-order chi connectivity index (χ1) is 9.32. The summed E-state index contributed by atoms with van der Waals surface area (Å²) in [5, 5.41) is 9.09. The standard InChI is InChI=1S/C13H15N3O4/c1-7(2)6-16-10-9(11(17)15(3)13(16)20)4-8(5-14-10)12(18)19/h4-5,7H,6H2,1-3H3,(H,18,19). The number of aromatic nitrogens is 3.